The first-order chi connectivity index (χ1) is 8.11. The third kappa shape index (κ3) is 5.22. The van der Waals surface area contributed by atoms with Crippen molar-refractivity contribution in [2.24, 2.45) is 0 Å². The second kappa shape index (κ2) is 7.33. The average Bonchev–Trinajstić information content (AvgIpc) is 2.28. The molecule has 1 atom stereocenters. The van der Waals surface area contributed by atoms with E-state index < -0.39 is 0 Å². The minimum Gasteiger partial charge on any atom is -0.493 e. The van der Waals surface area contributed by atoms with E-state index >= 15 is 0 Å². The van der Waals surface area contributed by atoms with Gasteiger partial charge >= 0.3 is 0 Å². The van der Waals surface area contributed by atoms with Crippen molar-refractivity contribution < 1.29 is 9.84 Å². The third-order valence-corrected chi connectivity index (χ3v) is 2.81. The summed E-state index contributed by atoms with van der Waals surface area (Å²) in [6, 6.07) is 8.21. The predicted molar refractivity (Wildman–Crippen MR) is 71.6 cm³/mol. The Morgan fingerprint density at radius 1 is 1.12 bits per heavy atom. The maximum atomic E-state index is 9.14. The largest absolute Gasteiger partial charge is 0.493 e. The van der Waals surface area contributed by atoms with Gasteiger partial charge in [0.2, 0.25) is 0 Å². The normalized spacial score (nSPS) is 12.8. The molecule has 1 rings (SSSR count). The van der Waals surface area contributed by atoms with Gasteiger partial charge in [0.05, 0.1) is 12.7 Å². The van der Waals surface area contributed by atoms with Crippen molar-refractivity contribution in [3.05, 3.63) is 29.8 Å². The number of para-hydroxylation sites is 1. The molecule has 0 aliphatic heterocycles. The lowest BCUT2D eigenvalue weighted by atomic mass is 10.0. The van der Waals surface area contributed by atoms with Crippen LogP contribution in [0.15, 0.2) is 24.3 Å². The van der Waals surface area contributed by atoms with Crippen molar-refractivity contribution in [1.82, 2.24) is 0 Å². The summed E-state index contributed by atoms with van der Waals surface area (Å²) in [5.41, 5.74) is 1.27. The van der Waals surface area contributed by atoms with Crippen molar-refractivity contribution in [1.29, 1.82) is 0 Å². The molecule has 0 saturated carbocycles. The molecule has 1 N–H and O–H groups in total. The molecule has 1 aromatic carbocycles. The summed E-state index contributed by atoms with van der Waals surface area (Å²) in [6.45, 7) is 6.91. The van der Waals surface area contributed by atoms with E-state index in [1.807, 2.05) is 19.1 Å². The second-order valence-corrected chi connectivity index (χ2v) is 4.89. The molecular weight excluding hydrogens is 212 g/mol. The Balaban J connectivity index is 2.36. The molecule has 0 fully saturated rings. The van der Waals surface area contributed by atoms with Crippen LogP contribution in [0.5, 0.6) is 5.75 Å². The molecule has 0 radical (unpaired) electrons. The average molecular weight is 236 g/mol. The molecule has 0 bridgehead atoms. The van der Waals surface area contributed by atoms with E-state index in [-0.39, 0.29) is 6.10 Å². The third-order valence-electron chi connectivity index (χ3n) is 2.81. The number of ether oxygens (including phenoxy) is 1. The van der Waals surface area contributed by atoms with Gasteiger partial charge in [0.15, 0.2) is 0 Å². The van der Waals surface area contributed by atoms with Gasteiger partial charge < -0.3 is 9.84 Å². The first-order valence-electron chi connectivity index (χ1n) is 6.51. The zero-order valence-electron chi connectivity index (χ0n) is 11.1. The van der Waals surface area contributed by atoms with Gasteiger partial charge in [-0.3, -0.25) is 0 Å². The molecule has 0 aliphatic carbocycles. The van der Waals surface area contributed by atoms with Gasteiger partial charge in [-0.1, -0.05) is 32.0 Å². The van der Waals surface area contributed by atoms with Crippen molar-refractivity contribution in [2.75, 3.05) is 6.61 Å². The molecular formula is C15H24O2. The molecule has 2 nitrogen and oxygen atoms in total. The fourth-order valence-electron chi connectivity index (χ4n) is 1.81. The van der Waals surface area contributed by atoms with Crippen molar-refractivity contribution in [3.8, 4) is 5.75 Å². The van der Waals surface area contributed by atoms with Crippen LogP contribution in [0.4, 0.5) is 0 Å². The number of hydrogen-bond donors (Lipinski definition) is 1. The first kappa shape index (κ1) is 14.0. The van der Waals surface area contributed by atoms with Crippen LogP contribution in [0.25, 0.3) is 0 Å². The van der Waals surface area contributed by atoms with Crippen LogP contribution in [-0.4, -0.2) is 17.8 Å². The highest BCUT2D eigenvalue weighted by Crippen LogP contribution is 2.25. The number of unbranched alkanes of at least 4 members (excludes halogenated alkanes) is 1. The van der Waals surface area contributed by atoms with Crippen LogP contribution < -0.4 is 4.74 Å². The SMILES string of the molecule is CC(O)CCCCOc1ccccc1C(C)C. The summed E-state index contributed by atoms with van der Waals surface area (Å²) in [6.07, 6.45) is 2.67. The number of hydrogen-bond acceptors (Lipinski definition) is 2. The minimum atomic E-state index is -0.196. The maximum Gasteiger partial charge on any atom is 0.122 e. The highest BCUT2D eigenvalue weighted by molar-refractivity contribution is 5.35. The number of benzene rings is 1. The topological polar surface area (TPSA) is 29.5 Å². The quantitative estimate of drug-likeness (QED) is 0.731. The molecule has 0 saturated heterocycles. The Labute approximate surface area is 105 Å². The van der Waals surface area contributed by atoms with Gasteiger partial charge in [0, 0.05) is 0 Å². The van der Waals surface area contributed by atoms with Crippen LogP contribution in [0.1, 0.15) is 51.5 Å². The summed E-state index contributed by atoms with van der Waals surface area (Å²) >= 11 is 0. The summed E-state index contributed by atoms with van der Waals surface area (Å²) in [4.78, 5) is 0. The van der Waals surface area contributed by atoms with Crippen molar-refractivity contribution >= 4 is 0 Å². The molecule has 1 aromatic rings. The number of rotatable bonds is 7. The zero-order valence-corrected chi connectivity index (χ0v) is 11.1. The molecule has 96 valence electrons. The smallest absolute Gasteiger partial charge is 0.122 e. The van der Waals surface area contributed by atoms with E-state index in [1.54, 1.807) is 0 Å². The summed E-state index contributed by atoms with van der Waals surface area (Å²) in [7, 11) is 0. The van der Waals surface area contributed by atoms with Crippen LogP contribution in [0, 0.1) is 0 Å². The summed E-state index contributed by atoms with van der Waals surface area (Å²) in [5, 5.41) is 9.14. The molecule has 0 aromatic heterocycles. The Kier molecular flexibility index (Phi) is 6.06. The molecule has 17 heavy (non-hydrogen) atoms. The molecule has 1 unspecified atom stereocenters. The van der Waals surface area contributed by atoms with E-state index in [2.05, 4.69) is 26.0 Å². The number of aliphatic hydroxyl groups excluding tert-OH is 1. The van der Waals surface area contributed by atoms with Crippen LogP contribution >= 0.6 is 0 Å². The lowest BCUT2D eigenvalue weighted by molar-refractivity contribution is 0.177. The van der Waals surface area contributed by atoms with E-state index in [0.29, 0.717) is 5.92 Å². The zero-order chi connectivity index (χ0) is 12.7. The fourth-order valence-corrected chi connectivity index (χ4v) is 1.81. The van der Waals surface area contributed by atoms with E-state index in [1.165, 1.54) is 5.56 Å². The second-order valence-electron chi connectivity index (χ2n) is 4.89. The standard InChI is InChI=1S/C15H24O2/c1-12(2)14-9-4-5-10-15(14)17-11-7-6-8-13(3)16/h4-5,9-10,12-13,16H,6-8,11H2,1-3H3. The highest BCUT2D eigenvalue weighted by Gasteiger charge is 2.06. The van der Waals surface area contributed by atoms with Gasteiger partial charge in [0.25, 0.3) is 0 Å². The molecule has 0 aliphatic rings. The Hall–Kier alpha value is -1.02. The predicted octanol–water partition coefficient (Wildman–Crippen LogP) is 3.74. The van der Waals surface area contributed by atoms with E-state index in [0.717, 1.165) is 31.6 Å². The summed E-state index contributed by atoms with van der Waals surface area (Å²) < 4.78 is 5.80. The van der Waals surface area contributed by atoms with Gasteiger partial charge in [-0.15, -0.1) is 0 Å². The first-order valence-corrected chi connectivity index (χ1v) is 6.51. The Morgan fingerprint density at radius 2 is 1.82 bits per heavy atom. The number of aliphatic hydroxyl groups is 1. The van der Waals surface area contributed by atoms with Gasteiger partial charge in [-0.05, 0) is 43.7 Å². The van der Waals surface area contributed by atoms with Crippen molar-refractivity contribution in [3.63, 3.8) is 0 Å². The van der Waals surface area contributed by atoms with E-state index in [4.69, 9.17) is 9.84 Å². The minimum absolute atomic E-state index is 0.196. The van der Waals surface area contributed by atoms with Gasteiger partial charge in [0.1, 0.15) is 5.75 Å². The highest BCUT2D eigenvalue weighted by atomic mass is 16.5. The lowest BCUT2D eigenvalue weighted by Crippen LogP contribution is -2.04. The molecule has 0 spiro atoms. The Bertz CT molecular complexity index is 318. The summed E-state index contributed by atoms with van der Waals surface area (Å²) in [5.74, 6) is 1.49. The van der Waals surface area contributed by atoms with Crippen LogP contribution in [-0.2, 0) is 0 Å². The Morgan fingerprint density at radius 3 is 2.47 bits per heavy atom. The lowest BCUT2D eigenvalue weighted by Gasteiger charge is -2.13. The van der Waals surface area contributed by atoms with Gasteiger partial charge in [-0.2, -0.15) is 0 Å². The van der Waals surface area contributed by atoms with Gasteiger partial charge in [-0.25, -0.2) is 0 Å². The monoisotopic (exact) mass is 236 g/mol. The molecule has 0 amide bonds. The molecule has 0 heterocycles. The fraction of sp³-hybridized carbons (Fsp3) is 0.600. The van der Waals surface area contributed by atoms with Crippen LogP contribution in [0.2, 0.25) is 0 Å². The van der Waals surface area contributed by atoms with Crippen molar-refractivity contribution in [2.45, 2.75) is 52.1 Å². The maximum absolute atomic E-state index is 9.14. The van der Waals surface area contributed by atoms with E-state index in [9.17, 15) is 0 Å². The molecule has 2 heteroatoms. The van der Waals surface area contributed by atoms with Crippen LogP contribution in [0.3, 0.4) is 0 Å².